The Hall–Kier alpha value is -1.03. The highest BCUT2D eigenvalue weighted by atomic mass is 79.9. The summed E-state index contributed by atoms with van der Waals surface area (Å²) < 4.78 is 5.97. The highest BCUT2D eigenvalue weighted by molar-refractivity contribution is 9.10. The van der Waals surface area contributed by atoms with Gasteiger partial charge in [0.05, 0.1) is 13.0 Å². The quantitative estimate of drug-likeness (QED) is 0.846. The topological polar surface area (TPSA) is 38.3 Å². The van der Waals surface area contributed by atoms with Crippen molar-refractivity contribution < 1.29 is 9.53 Å². The number of anilines is 1. The lowest BCUT2D eigenvalue weighted by Crippen LogP contribution is -2.21. The van der Waals surface area contributed by atoms with Gasteiger partial charge in [-0.1, -0.05) is 15.9 Å². The molecular weight excluding hydrogens is 282 g/mol. The van der Waals surface area contributed by atoms with Gasteiger partial charge >= 0.3 is 5.97 Å². The van der Waals surface area contributed by atoms with Gasteiger partial charge in [-0.3, -0.25) is 4.79 Å². The molecule has 3 nitrogen and oxygen atoms in total. The van der Waals surface area contributed by atoms with E-state index in [2.05, 4.69) is 21.2 Å². The van der Waals surface area contributed by atoms with Gasteiger partial charge in [-0.25, -0.2) is 0 Å². The number of benzene rings is 1. The highest BCUT2D eigenvalue weighted by Gasteiger charge is 2.10. The van der Waals surface area contributed by atoms with Crippen LogP contribution in [-0.2, 0) is 9.53 Å². The zero-order valence-corrected chi connectivity index (χ0v) is 12.0. The van der Waals surface area contributed by atoms with Crippen LogP contribution in [-0.4, -0.2) is 18.6 Å². The van der Waals surface area contributed by atoms with Crippen molar-refractivity contribution in [3.8, 4) is 0 Å². The lowest BCUT2D eigenvalue weighted by Gasteiger charge is -2.16. The van der Waals surface area contributed by atoms with E-state index in [0.29, 0.717) is 13.0 Å². The zero-order valence-electron chi connectivity index (χ0n) is 10.4. The van der Waals surface area contributed by atoms with E-state index >= 15 is 0 Å². The molecule has 0 aliphatic carbocycles. The molecule has 1 unspecified atom stereocenters. The van der Waals surface area contributed by atoms with Crippen molar-refractivity contribution in [3.05, 3.63) is 28.2 Å². The number of hydrogen-bond donors (Lipinski definition) is 1. The summed E-state index contributed by atoms with van der Waals surface area (Å²) in [6.45, 7) is 6.25. The number of halogens is 1. The van der Waals surface area contributed by atoms with Crippen LogP contribution < -0.4 is 5.32 Å². The van der Waals surface area contributed by atoms with E-state index in [0.717, 1.165) is 15.7 Å². The molecule has 94 valence electrons. The fourth-order valence-electron chi connectivity index (χ4n) is 1.58. The predicted octanol–water partition coefficient (Wildman–Crippen LogP) is 3.51. The first kappa shape index (κ1) is 14.0. The molecule has 1 N–H and O–H groups in total. The summed E-state index contributed by atoms with van der Waals surface area (Å²) in [6, 6.07) is 6.08. The van der Waals surface area contributed by atoms with Gasteiger partial charge in [-0.15, -0.1) is 0 Å². The Morgan fingerprint density at radius 2 is 2.24 bits per heavy atom. The van der Waals surface area contributed by atoms with Crippen LogP contribution >= 0.6 is 15.9 Å². The third-order valence-corrected chi connectivity index (χ3v) is 2.86. The van der Waals surface area contributed by atoms with Crippen LogP contribution in [0.1, 0.15) is 25.8 Å². The molecule has 1 rings (SSSR count). The number of ether oxygens (including phenoxy) is 1. The van der Waals surface area contributed by atoms with Crippen LogP contribution in [0.4, 0.5) is 5.69 Å². The van der Waals surface area contributed by atoms with Gasteiger partial charge in [0.15, 0.2) is 0 Å². The molecule has 0 bridgehead atoms. The van der Waals surface area contributed by atoms with Gasteiger partial charge in [-0.05, 0) is 44.5 Å². The second-order valence-corrected chi connectivity index (χ2v) is 4.93. The van der Waals surface area contributed by atoms with Crippen LogP contribution in [0.25, 0.3) is 0 Å². The average molecular weight is 300 g/mol. The molecule has 0 spiro atoms. The summed E-state index contributed by atoms with van der Waals surface area (Å²) in [5, 5.41) is 3.31. The minimum atomic E-state index is -0.165. The van der Waals surface area contributed by atoms with E-state index in [1.807, 2.05) is 39.0 Å². The van der Waals surface area contributed by atoms with Gasteiger partial charge < -0.3 is 10.1 Å². The lowest BCUT2D eigenvalue weighted by atomic mass is 10.1. The second-order valence-electron chi connectivity index (χ2n) is 4.01. The standard InChI is InChI=1S/C13H18BrNO2/c1-4-17-13(16)8-10(3)15-12-6-5-11(14)7-9(12)2/h5-7,10,15H,4,8H2,1-3H3. The molecule has 0 radical (unpaired) electrons. The maximum Gasteiger partial charge on any atom is 0.307 e. The number of aryl methyl sites for hydroxylation is 1. The molecule has 0 aliphatic rings. The molecule has 4 heteroatoms. The first-order valence-corrected chi connectivity index (χ1v) is 6.50. The number of esters is 1. The van der Waals surface area contributed by atoms with Crippen molar-refractivity contribution in [2.75, 3.05) is 11.9 Å². The molecule has 0 amide bonds. The third kappa shape index (κ3) is 4.77. The van der Waals surface area contributed by atoms with Gasteiger partial charge in [0.1, 0.15) is 0 Å². The zero-order chi connectivity index (χ0) is 12.8. The Labute approximate surface area is 111 Å². The van der Waals surface area contributed by atoms with Crippen molar-refractivity contribution in [1.82, 2.24) is 0 Å². The van der Waals surface area contributed by atoms with E-state index in [9.17, 15) is 4.79 Å². The van der Waals surface area contributed by atoms with Gasteiger partial charge in [0.25, 0.3) is 0 Å². The van der Waals surface area contributed by atoms with E-state index in [1.54, 1.807) is 0 Å². The van der Waals surface area contributed by atoms with Gasteiger partial charge in [0, 0.05) is 16.2 Å². The van der Waals surface area contributed by atoms with Crippen molar-refractivity contribution in [2.24, 2.45) is 0 Å². The molecule has 0 saturated heterocycles. The molecule has 17 heavy (non-hydrogen) atoms. The Bertz CT molecular complexity index is 393. The van der Waals surface area contributed by atoms with E-state index < -0.39 is 0 Å². The van der Waals surface area contributed by atoms with E-state index in [1.165, 1.54) is 0 Å². The van der Waals surface area contributed by atoms with Crippen molar-refractivity contribution >= 4 is 27.6 Å². The summed E-state index contributed by atoms with van der Waals surface area (Å²) in [7, 11) is 0. The van der Waals surface area contributed by atoms with Crippen molar-refractivity contribution in [3.63, 3.8) is 0 Å². The first-order chi connectivity index (χ1) is 8.02. The summed E-state index contributed by atoms with van der Waals surface area (Å²) in [5.41, 5.74) is 2.19. The molecule has 1 aromatic carbocycles. The molecule has 0 aliphatic heterocycles. The van der Waals surface area contributed by atoms with Crippen LogP contribution in [0.5, 0.6) is 0 Å². The number of carbonyl (C=O) groups excluding carboxylic acids is 1. The molecule has 1 aromatic rings. The fraction of sp³-hybridized carbons (Fsp3) is 0.462. The van der Waals surface area contributed by atoms with Crippen LogP contribution in [0.15, 0.2) is 22.7 Å². The summed E-state index contributed by atoms with van der Waals surface area (Å²) in [4.78, 5) is 11.3. The minimum Gasteiger partial charge on any atom is -0.466 e. The average Bonchev–Trinajstić information content (AvgIpc) is 2.22. The molecule has 1 atom stereocenters. The van der Waals surface area contributed by atoms with Crippen molar-refractivity contribution in [1.29, 1.82) is 0 Å². The maximum atomic E-state index is 11.3. The van der Waals surface area contributed by atoms with Crippen LogP contribution in [0.2, 0.25) is 0 Å². The van der Waals surface area contributed by atoms with Crippen LogP contribution in [0.3, 0.4) is 0 Å². The van der Waals surface area contributed by atoms with Gasteiger partial charge in [0.2, 0.25) is 0 Å². The summed E-state index contributed by atoms with van der Waals surface area (Å²) in [6.07, 6.45) is 0.378. The molecular formula is C13H18BrNO2. The number of nitrogens with one attached hydrogen (secondary N) is 1. The predicted molar refractivity (Wildman–Crippen MR) is 73.2 cm³/mol. The Morgan fingerprint density at radius 1 is 1.53 bits per heavy atom. The lowest BCUT2D eigenvalue weighted by molar-refractivity contribution is -0.143. The monoisotopic (exact) mass is 299 g/mol. The summed E-state index contributed by atoms with van der Waals surface area (Å²) in [5.74, 6) is -0.165. The first-order valence-electron chi connectivity index (χ1n) is 5.71. The Kier molecular flexibility index (Phi) is 5.48. The normalized spacial score (nSPS) is 12.0. The van der Waals surface area contributed by atoms with Crippen molar-refractivity contribution in [2.45, 2.75) is 33.2 Å². The number of rotatable bonds is 5. The van der Waals surface area contributed by atoms with Crippen LogP contribution in [0, 0.1) is 6.92 Å². The largest absolute Gasteiger partial charge is 0.466 e. The van der Waals surface area contributed by atoms with E-state index in [4.69, 9.17) is 4.74 Å². The second kappa shape index (κ2) is 6.64. The summed E-state index contributed by atoms with van der Waals surface area (Å²) >= 11 is 3.42. The molecule has 0 saturated carbocycles. The Balaban J connectivity index is 2.55. The SMILES string of the molecule is CCOC(=O)CC(C)Nc1ccc(Br)cc1C. The fourth-order valence-corrected chi connectivity index (χ4v) is 2.05. The maximum absolute atomic E-state index is 11.3. The van der Waals surface area contributed by atoms with Gasteiger partial charge in [-0.2, -0.15) is 0 Å². The highest BCUT2D eigenvalue weighted by Crippen LogP contribution is 2.21. The minimum absolute atomic E-state index is 0.0638. The molecule has 0 fully saturated rings. The number of hydrogen-bond acceptors (Lipinski definition) is 3. The number of carbonyl (C=O) groups is 1. The molecule has 0 aromatic heterocycles. The smallest absolute Gasteiger partial charge is 0.307 e. The Morgan fingerprint density at radius 3 is 2.82 bits per heavy atom. The third-order valence-electron chi connectivity index (χ3n) is 2.37. The van der Waals surface area contributed by atoms with E-state index in [-0.39, 0.29) is 12.0 Å². The molecule has 0 heterocycles.